The third-order valence-corrected chi connectivity index (χ3v) is 1.79. The first-order valence-electron chi connectivity index (χ1n) is 3.89. The highest BCUT2D eigenvalue weighted by atomic mass is 32.1. The van der Waals surface area contributed by atoms with E-state index in [4.69, 9.17) is 5.11 Å². The molecule has 0 fully saturated rings. The number of hydrogen-bond acceptors (Lipinski definition) is 4. The quantitative estimate of drug-likeness (QED) is 0.467. The van der Waals surface area contributed by atoms with E-state index in [9.17, 15) is 14.0 Å². The van der Waals surface area contributed by atoms with E-state index in [0.29, 0.717) is 0 Å². The molecule has 1 aromatic carbocycles. The predicted molar refractivity (Wildman–Crippen MR) is 52.8 cm³/mol. The maximum Gasteiger partial charge on any atom is 0.335 e. The Kier molecular flexibility index (Phi) is 3.68. The molecule has 0 saturated heterocycles. The minimum Gasteiger partial charge on any atom is -0.478 e. The molecule has 80 valence electrons. The lowest BCUT2D eigenvalue weighted by Gasteiger charge is -2.03. The number of rotatable bonds is 3. The van der Waals surface area contributed by atoms with Gasteiger partial charge in [0.2, 0.25) is 0 Å². The third kappa shape index (κ3) is 2.95. The monoisotopic (exact) mass is 230 g/mol. The number of carbonyl (C=O) groups excluding carboxylic acids is 1. The van der Waals surface area contributed by atoms with Gasteiger partial charge in [0.15, 0.2) is 11.6 Å². The lowest BCUT2D eigenvalue weighted by atomic mass is 10.2. The Hall–Kier alpha value is -1.56. The summed E-state index contributed by atoms with van der Waals surface area (Å²) in [5, 5.41) is 8.54. The summed E-state index contributed by atoms with van der Waals surface area (Å²) in [4.78, 5) is 21.2. The summed E-state index contributed by atoms with van der Waals surface area (Å²) in [5.74, 6) is -3.34. The van der Waals surface area contributed by atoms with Crippen LogP contribution in [-0.4, -0.2) is 22.8 Å². The number of hydrogen-bond donors (Lipinski definition) is 2. The van der Waals surface area contributed by atoms with Crippen molar-refractivity contribution in [2.45, 2.75) is 0 Å². The first-order valence-corrected chi connectivity index (χ1v) is 4.52. The van der Waals surface area contributed by atoms with Crippen molar-refractivity contribution in [3.63, 3.8) is 0 Å². The zero-order valence-corrected chi connectivity index (χ0v) is 8.33. The number of ether oxygens (including phenoxy) is 1. The molecule has 0 bridgehead atoms. The Labute approximate surface area is 90.1 Å². The van der Waals surface area contributed by atoms with E-state index in [0.717, 1.165) is 18.2 Å². The standard InChI is InChI=1S/C9H7FO4S/c10-6-3-5(9(12)13)1-2-7(6)14-8(11)4-15/h1-3,15H,4H2,(H,12,13). The molecular weight excluding hydrogens is 223 g/mol. The Balaban J connectivity index is 2.93. The van der Waals surface area contributed by atoms with Gasteiger partial charge in [0.05, 0.1) is 11.3 Å². The first-order chi connectivity index (χ1) is 7.04. The molecule has 0 heterocycles. The van der Waals surface area contributed by atoms with Gasteiger partial charge in [0, 0.05) is 0 Å². The Morgan fingerprint density at radius 2 is 2.13 bits per heavy atom. The number of aromatic carboxylic acids is 1. The number of carboxylic acid groups (broad SMARTS) is 1. The van der Waals surface area contributed by atoms with Gasteiger partial charge >= 0.3 is 11.9 Å². The van der Waals surface area contributed by atoms with E-state index >= 15 is 0 Å². The highest BCUT2D eigenvalue weighted by Crippen LogP contribution is 2.18. The fraction of sp³-hybridized carbons (Fsp3) is 0.111. The lowest BCUT2D eigenvalue weighted by molar-refractivity contribution is -0.131. The van der Waals surface area contributed by atoms with Crippen molar-refractivity contribution in [1.29, 1.82) is 0 Å². The van der Waals surface area contributed by atoms with E-state index in [1.807, 2.05) is 0 Å². The van der Waals surface area contributed by atoms with Crippen molar-refractivity contribution >= 4 is 24.6 Å². The van der Waals surface area contributed by atoms with Crippen molar-refractivity contribution in [3.05, 3.63) is 29.6 Å². The Morgan fingerprint density at radius 3 is 2.60 bits per heavy atom. The molecule has 1 N–H and O–H groups in total. The summed E-state index contributed by atoms with van der Waals surface area (Å²) in [6.07, 6.45) is 0. The Bertz CT molecular complexity index is 405. The van der Waals surface area contributed by atoms with Crippen LogP contribution in [0.3, 0.4) is 0 Å². The Morgan fingerprint density at radius 1 is 1.47 bits per heavy atom. The van der Waals surface area contributed by atoms with Crippen molar-refractivity contribution < 1.29 is 23.8 Å². The van der Waals surface area contributed by atoms with Crippen molar-refractivity contribution in [2.24, 2.45) is 0 Å². The molecule has 0 aliphatic rings. The summed E-state index contributed by atoms with van der Waals surface area (Å²) < 4.78 is 17.7. The van der Waals surface area contributed by atoms with Crippen LogP contribution in [0.4, 0.5) is 4.39 Å². The molecule has 0 aliphatic heterocycles. The van der Waals surface area contributed by atoms with Gasteiger partial charge in [-0.1, -0.05) is 0 Å². The maximum atomic E-state index is 13.1. The summed E-state index contributed by atoms with van der Waals surface area (Å²) in [7, 11) is 0. The molecule has 0 unspecified atom stereocenters. The average Bonchev–Trinajstić information content (AvgIpc) is 2.20. The summed E-state index contributed by atoms with van der Waals surface area (Å²) >= 11 is 3.64. The first kappa shape index (κ1) is 11.5. The molecule has 6 heteroatoms. The minimum atomic E-state index is -1.25. The third-order valence-electron chi connectivity index (χ3n) is 1.53. The van der Waals surface area contributed by atoms with Crippen LogP contribution < -0.4 is 4.74 Å². The second-order valence-electron chi connectivity index (χ2n) is 2.58. The van der Waals surface area contributed by atoms with Gasteiger partial charge in [0.25, 0.3) is 0 Å². The van der Waals surface area contributed by atoms with Crippen LogP contribution >= 0.6 is 12.6 Å². The summed E-state index contributed by atoms with van der Waals surface area (Å²) in [6.45, 7) is 0. The zero-order valence-electron chi connectivity index (χ0n) is 7.44. The number of carboxylic acids is 1. The van der Waals surface area contributed by atoms with Gasteiger partial charge < -0.3 is 9.84 Å². The SMILES string of the molecule is O=C(CS)Oc1ccc(C(=O)O)cc1F. The van der Waals surface area contributed by atoms with Crippen molar-refractivity contribution in [2.75, 3.05) is 5.75 Å². The van der Waals surface area contributed by atoms with Crippen LogP contribution in [0.15, 0.2) is 18.2 Å². The van der Waals surface area contributed by atoms with Crippen LogP contribution in [-0.2, 0) is 4.79 Å². The zero-order chi connectivity index (χ0) is 11.4. The smallest absolute Gasteiger partial charge is 0.335 e. The van der Waals surface area contributed by atoms with E-state index in [1.165, 1.54) is 0 Å². The van der Waals surface area contributed by atoms with Crippen molar-refractivity contribution in [1.82, 2.24) is 0 Å². The fourth-order valence-electron chi connectivity index (χ4n) is 0.872. The molecule has 1 aromatic rings. The van der Waals surface area contributed by atoms with Gasteiger partial charge in [-0.05, 0) is 18.2 Å². The van der Waals surface area contributed by atoms with Gasteiger partial charge in [-0.25, -0.2) is 9.18 Å². The molecule has 15 heavy (non-hydrogen) atoms. The number of benzene rings is 1. The molecule has 1 rings (SSSR count). The van der Waals surface area contributed by atoms with Crippen LogP contribution in [0.2, 0.25) is 0 Å². The van der Waals surface area contributed by atoms with Gasteiger partial charge in [-0.15, -0.1) is 0 Å². The van der Waals surface area contributed by atoms with Crippen LogP contribution in [0.1, 0.15) is 10.4 Å². The summed E-state index contributed by atoms with van der Waals surface area (Å²) in [5.41, 5.74) is -0.210. The molecule has 0 atom stereocenters. The number of esters is 1. The van der Waals surface area contributed by atoms with Gasteiger partial charge in [-0.3, -0.25) is 4.79 Å². The number of halogens is 1. The maximum absolute atomic E-state index is 13.1. The topological polar surface area (TPSA) is 63.6 Å². The minimum absolute atomic E-state index is 0.180. The molecule has 4 nitrogen and oxygen atoms in total. The van der Waals surface area contributed by atoms with Gasteiger partial charge in [-0.2, -0.15) is 12.6 Å². The summed E-state index contributed by atoms with van der Waals surface area (Å²) in [6, 6.07) is 3.01. The largest absolute Gasteiger partial charge is 0.478 e. The molecule has 0 radical (unpaired) electrons. The van der Waals surface area contributed by atoms with Crippen LogP contribution in [0.25, 0.3) is 0 Å². The number of carbonyl (C=O) groups is 2. The molecule has 0 saturated carbocycles. The van der Waals surface area contributed by atoms with E-state index in [2.05, 4.69) is 17.4 Å². The van der Waals surface area contributed by atoms with E-state index in [-0.39, 0.29) is 17.1 Å². The lowest BCUT2D eigenvalue weighted by Crippen LogP contribution is -2.10. The molecule has 0 aromatic heterocycles. The second kappa shape index (κ2) is 4.79. The van der Waals surface area contributed by atoms with E-state index < -0.39 is 17.8 Å². The molecular formula is C9H7FO4S. The van der Waals surface area contributed by atoms with Crippen LogP contribution in [0.5, 0.6) is 5.75 Å². The normalized spacial score (nSPS) is 9.73. The molecule has 0 spiro atoms. The molecule has 0 amide bonds. The second-order valence-corrected chi connectivity index (χ2v) is 2.90. The highest BCUT2D eigenvalue weighted by molar-refractivity contribution is 7.81. The molecule has 0 aliphatic carbocycles. The highest BCUT2D eigenvalue weighted by Gasteiger charge is 2.11. The van der Waals surface area contributed by atoms with Crippen molar-refractivity contribution in [3.8, 4) is 5.75 Å². The van der Waals surface area contributed by atoms with Gasteiger partial charge in [0.1, 0.15) is 0 Å². The fourth-order valence-corrected chi connectivity index (χ4v) is 0.936. The van der Waals surface area contributed by atoms with Crippen LogP contribution in [0, 0.1) is 5.82 Å². The average molecular weight is 230 g/mol. The van der Waals surface area contributed by atoms with E-state index in [1.54, 1.807) is 0 Å². The predicted octanol–water partition coefficient (Wildman–Crippen LogP) is 1.36. The number of thiol groups is 1.